The van der Waals surface area contributed by atoms with Crippen LogP contribution in [0.25, 0.3) is 22.0 Å². The minimum atomic E-state index is 0.0899. The maximum Gasteiger partial charge on any atom is 0.182 e. The number of halogens is 1. The molecule has 0 fully saturated rings. The molecule has 0 aliphatic rings. The molecule has 4 rings (SSSR count). The van der Waals surface area contributed by atoms with Crippen molar-refractivity contribution in [2.24, 2.45) is 0 Å². The summed E-state index contributed by atoms with van der Waals surface area (Å²) in [5, 5.41) is 1.74. The zero-order valence-electron chi connectivity index (χ0n) is 13.5. The van der Waals surface area contributed by atoms with E-state index >= 15 is 0 Å². The maximum absolute atomic E-state index is 12.6. The lowest BCUT2D eigenvalue weighted by molar-refractivity contribution is 0.0973. The highest BCUT2D eigenvalue weighted by Crippen LogP contribution is 2.22. The van der Waals surface area contributed by atoms with Crippen molar-refractivity contribution in [1.29, 1.82) is 0 Å². The Bertz CT molecular complexity index is 1030. The van der Waals surface area contributed by atoms with Crippen LogP contribution in [0.15, 0.2) is 85.1 Å². The second-order valence-electron chi connectivity index (χ2n) is 6.01. The quantitative estimate of drug-likeness (QED) is 0.425. The Morgan fingerprint density at radius 1 is 0.840 bits per heavy atom. The predicted octanol–water partition coefficient (Wildman–Crippen LogP) is 5.84. The smallest absolute Gasteiger partial charge is 0.182 e. The molecular formula is C22H16ClNO. The molecule has 3 heteroatoms. The number of hydrogen-bond donors (Lipinski definition) is 0. The van der Waals surface area contributed by atoms with Crippen molar-refractivity contribution in [3.05, 3.63) is 95.6 Å². The van der Waals surface area contributed by atoms with E-state index in [9.17, 15) is 4.79 Å². The van der Waals surface area contributed by atoms with Crippen LogP contribution in [0.1, 0.15) is 10.4 Å². The molecule has 3 aromatic carbocycles. The van der Waals surface area contributed by atoms with E-state index in [4.69, 9.17) is 11.6 Å². The summed E-state index contributed by atoms with van der Waals surface area (Å²) in [7, 11) is 0. The molecule has 0 aliphatic heterocycles. The van der Waals surface area contributed by atoms with Crippen LogP contribution in [0.5, 0.6) is 0 Å². The van der Waals surface area contributed by atoms with Gasteiger partial charge in [0.25, 0.3) is 0 Å². The highest BCUT2D eigenvalue weighted by Gasteiger charge is 2.09. The van der Waals surface area contributed by atoms with Crippen LogP contribution in [-0.2, 0) is 6.54 Å². The molecule has 122 valence electrons. The molecule has 0 N–H and O–H groups in total. The highest BCUT2D eigenvalue weighted by molar-refractivity contribution is 6.31. The van der Waals surface area contributed by atoms with Gasteiger partial charge in [-0.05, 0) is 35.4 Å². The Labute approximate surface area is 151 Å². The van der Waals surface area contributed by atoms with Crippen LogP contribution in [0, 0.1) is 0 Å². The van der Waals surface area contributed by atoms with Crippen molar-refractivity contribution < 1.29 is 4.79 Å². The van der Waals surface area contributed by atoms with Gasteiger partial charge in [0.15, 0.2) is 5.78 Å². The molecule has 0 bridgehead atoms. The van der Waals surface area contributed by atoms with Gasteiger partial charge >= 0.3 is 0 Å². The average molecular weight is 346 g/mol. The lowest BCUT2D eigenvalue weighted by Crippen LogP contribution is -2.09. The number of carbonyl (C=O) groups excluding carboxylic acids is 1. The molecule has 1 aromatic heterocycles. The van der Waals surface area contributed by atoms with Crippen LogP contribution in [-0.4, -0.2) is 10.4 Å². The Morgan fingerprint density at radius 3 is 2.32 bits per heavy atom. The fraction of sp³-hybridized carbons (Fsp3) is 0.0455. The fourth-order valence-corrected chi connectivity index (χ4v) is 3.21. The second-order valence-corrected chi connectivity index (χ2v) is 6.45. The van der Waals surface area contributed by atoms with Gasteiger partial charge in [0.05, 0.1) is 6.54 Å². The van der Waals surface area contributed by atoms with E-state index in [2.05, 4.69) is 12.1 Å². The molecule has 2 nitrogen and oxygen atoms in total. The van der Waals surface area contributed by atoms with Crippen LogP contribution in [0.3, 0.4) is 0 Å². The van der Waals surface area contributed by atoms with E-state index in [-0.39, 0.29) is 5.78 Å². The largest absolute Gasteiger partial charge is 0.340 e. The molecule has 0 aliphatic carbocycles. The lowest BCUT2D eigenvalue weighted by atomic mass is 10.0. The summed E-state index contributed by atoms with van der Waals surface area (Å²) in [6, 6.07) is 25.6. The standard InChI is InChI=1S/C22H16ClNO/c23-20-10-11-21-19(14-20)12-13-24(21)15-22(25)18-8-6-17(7-9-18)16-4-2-1-3-5-16/h1-14H,15H2. The first-order chi connectivity index (χ1) is 12.2. The first-order valence-corrected chi connectivity index (χ1v) is 8.51. The average Bonchev–Trinajstić information content (AvgIpc) is 3.04. The van der Waals surface area contributed by atoms with E-state index in [1.54, 1.807) is 0 Å². The van der Waals surface area contributed by atoms with Gasteiger partial charge in [-0.2, -0.15) is 0 Å². The van der Waals surface area contributed by atoms with Gasteiger partial charge in [-0.15, -0.1) is 0 Å². The molecular weight excluding hydrogens is 330 g/mol. The fourth-order valence-electron chi connectivity index (χ4n) is 3.03. The number of fused-ring (bicyclic) bond motifs is 1. The van der Waals surface area contributed by atoms with Crippen molar-refractivity contribution in [2.45, 2.75) is 6.54 Å². The summed E-state index contributed by atoms with van der Waals surface area (Å²) in [5.74, 6) is 0.0899. The third kappa shape index (κ3) is 3.21. The minimum Gasteiger partial charge on any atom is -0.340 e. The van der Waals surface area contributed by atoms with Gasteiger partial charge in [0, 0.05) is 27.7 Å². The molecule has 25 heavy (non-hydrogen) atoms. The highest BCUT2D eigenvalue weighted by atomic mass is 35.5. The topological polar surface area (TPSA) is 22.0 Å². The van der Waals surface area contributed by atoms with Gasteiger partial charge in [-0.3, -0.25) is 4.79 Å². The normalized spacial score (nSPS) is 10.9. The van der Waals surface area contributed by atoms with Gasteiger partial charge < -0.3 is 4.57 Å². The molecule has 4 aromatic rings. The number of aromatic nitrogens is 1. The second kappa shape index (κ2) is 6.58. The number of hydrogen-bond acceptors (Lipinski definition) is 1. The Hall–Kier alpha value is -2.84. The molecule has 0 spiro atoms. The summed E-state index contributed by atoms with van der Waals surface area (Å²) in [6.07, 6.45) is 1.93. The van der Waals surface area contributed by atoms with E-state index in [0.29, 0.717) is 11.6 Å². The van der Waals surface area contributed by atoms with Crippen LogP contribution in [0.2, 0.25) is 5.02 Å². The molecule has 0 atom stereocenters. The number of rotatable bonds is 4. The van der Waals surface area contributed by atoms with E-state index in [0.717, 1.165) is 27.6 Å². The number of ketones is 1. The summed E-state index contributed by atoms with van der Waals surface area (Å²) in [5.41, 5.74) is 3.99. The van der Waals surface area contributed by atoms with Crippen molar-refractivity contribution >= 4 is 28.3 Å². The number of nitrogens with zero attached hydrogens (tertiary/aromatic N) is 1. The predicted molar refractivity (Wildman–Crippen MR) is 103 cm³/mol. The maximum atomic E-state index is 12.6. The van der Waals surface area contributed by atoms with Gasteiger partial charge in [-0.1, -0.05) is 66.2 Å². The molecule has 0 saturated heterocycles. The summed E-state index contributed by atoms with van der Waals surface area (Å²) < 4.78 is 1.96. The van der Waals surface area contributed by atoms with Crippen LogP contribution < -0.4 is 0 Å². The Balaban J connectivity index is 1.56. The van der Waals surface area contributed by atoms with Crippen molar-refractivity contribution in [1.82, 2.24) is 4.57 Å². The number of carbonyl (C=O) groups is 1. The molecule has 1 heterocycles. The van der Waals surface area contributed by atoms with Crippen LogP contribution >= 0.6 is 11.6 Å². The first-order valence-electron chi connectivity index (χ1n) is 8.14. The molecule has 0 saturated carbocycles. The van der Waals surface area contributed by atoms with Crippen molar-refractivity contribution in [3.8, 4) is 11.1 Å². The molecule has 0 radical (unpaired) electrons. The molecule has 0 unspecified atom stereocenters. The van der Waals surface area contributed by atoms with E-state index in [1.807, 2.05) is 77.5 Å². The minimum absolute atomic E-state index is 0.0899. The zero-order valence-corrected chi connectivity index (χ0v) is 14.3. The first kappa shape index (κ1) is 15.7. The van der Waals surface area contributed by atoms with Gasteiger partial charge in [0.2, 0.25) is 0 Å². The third-order valence-electron chi connectivity index (χ3n) is 4.36. The summed E-state index contributed by atoms with van der Waals surface area (Å²) in [4.78, 5) is 12.6. The molecule has 0 amide bonds. The summed E-state index contributed by atoms with van der Waals surface area (Å²) >= 11 is 6.02. The van der Waals surface area contributed by atoms with Crippen molar-refractivity contribution in [2.75, 3.05) is 0 Å². The lowest BCUT2D eigenvalue weighted by Gasteiger charge is -2.07. The third-order valence-corrected chi connectivity index (χ3v) is 4.60. The SMILES string of the molecule is O=C(Cn1ccc2cc(Cl)ccc21)c1ccc(-c2ccccc2)cc1. The number of benzene rings is 3. The summed E-state index contributed by atoms with van der Waals surface area (Å²) in [6.45, 7) is 0.315. The van der Waals surface area contributed by atoms with E-state index in [1.165, 1.54) is 0 Å². The number of Topliss-reactive ketones (excluding diaryl/α,β-unsaturated/α-hetero) is 1. The Kier molecular flexibility index (Phi) is 4.12. The van der Waals surface area contributed by atoms with Crippen molar-refractivity contribution in [3.63, 3.8) is 0 Å². The van der Waals surface area contributed by atoms with Crippen LogP contribution in [0.4, 0.5) is 0 Å². The van der Waals surface area contributed by atoms with Gasteiger partial charge in [0.1, 0.15) is 0 Å². The van der Waals surface area contributed by atoms with E-state index < -0.39 is 0 Å². The van der Waals surface area contributed by atoms with Gasteiger partial charge in [-0.25, -0.2) is 0 Å². The monoisotopic (exact) mass is 345 g/mol. The zero-order chi connectivity index (χ0) is 17.2. The Morgan fingerprint density at radius 2 is 1.56 bits per heavy atom.